The Morgan fingerprint density at radius 2 is 1.73 bits per heavy atom. The second-order valence-corrected chi connectivity index (χ2v) is 8.83. The van der Waals surface area contributed by atoms with Gasteiger partial charge in [-0.15, -0.1) is 0 Å². The van der Waals surface area contributed by atoms with Crippen LogP contribution < -0.4 is 16.0 Å². The van der Waals surface area contributed by atoms with Crippen molar-refractivity contribution in [1.29, 1.82) is 0 Å². The summed E-state index contributed by atoms with van der Waals surface area (Å²) < 4.78 is 23.1. The summed E-state index contributed by atoms with van der Waals surface area (Å²) in [4.78, 5) is 28.7. The molecule has 3 rings (SSSR count). The molecule has 0 atom stereocenters. The number of aryl methyl sites for hydroxylation is 1. The minimum atomic E-state index is -3.32. The molecule has 8 nitrogen and oxygen atoms in total. The number of sulfone groups is 1. The molecule has 156 valence electrons. The molecule has 0 radical (unpaired) electrons. The summed E-state index contributed by atoms with van der Waals surface area (Å²) >= 11 is 0. The van der Waals surface area contributed by atoms with E-state index in [1.165, 1.54) is 24.3 Å². The molecular weight excluding hydrogens is 404 g/mol. The summed E-state index contributed by atoms with van der Waals surface area (Å²) in [6.07, 6.45) is 2.78. The van der Waals surface area contributed by atoms with Gasteiger partial charge in [0, 0.05) is 35.6 Å². The predicted molar refractivity (Wildman–Crippen MR) is 117 cm³/mol. The number of benzene rings is 2. The molecule has 0 unspecified atom stereocenters. The van der Waals surface area contributed by atoms with E-state index in [4.69, 9.17) is 0 Å². The van der Waals surface area contributed by atoms with Gasteiger partial charge in [-0.2, -0.15) is 0 Å². The van der Waals surface area contributed by atoms with Crippen LogP contribution >= 0.6 is 0 Å². The van der Waals surface area contributed by atoms with Crippen molar-refractivity contribution in [2.24, 2.45) is 0 Å². The first-order valence-electron chi connectivity index (χ1n) is 9.24. The van der Waals surface area contributed by atoms with E-state index in [1.807, 2.05) is 19.9 Å². The highest BCUT2D eigenvalue weighted by Gasteiger charge is 2.12. The predicted octanol–water partition coefficient (Wildman–Crippen LogP) is 3.34. The Bertz CT molecular complexity index is 1220. The number of nitrogens with one attached hydrogen (secondary N) is 3. The van der Waals surface area contributed by atoms with Crippen molar-refractivity contribution in [3.05, 3.63) is 59.8 Å². The Kier molecular flexibility index (Phi) is 6.02. The molecule has 1 heterocycles. The van der Waals surface area contributed by atoms with Gasteiger partial charge in [-0.1, -0.05) is 0 Å². The first-order chi connectivity index (χ1) is 14.2. The maximum absolute atomic E-state index is 12.6. The van der Waals surface area contributed by atoms with Crippen LogP contribution in [0.15, 0.2) is 53.6 Å². The lowest BCUT2D eigenvalue weighted by molar-refractivity contribution is 0.102. The number of nitrogens with zero attached hydrogens (tertiary/aromatic N) is 1. The highest BCUT2D eigenvalue weighted by atomic mass is 32.2. The molecule has 0 bridgehead atoms. The van der Waals surface area contributed by atoms with Crippen LogP contribution in [0.5, 0.6) is 0 Å². The Morgan fingerprint density at radius 3 is 2.37 bits per heavy atom. The summed E-state index contributed by atoms with van der Waals surface area (Å²) in [7, 11) is -3.32. The molecule has 0 fully saturated rings. The summed E-state index contributed by atoms with van der Waals surface area (Å²) in [5, 5.41) is 9.82. The van der Waals surface area contributed by atoms with Crippen molar-refractivity contribution >= 4 is 44.1 Å². The Morgan fingerprint density at radius 1 is 1.03 bits per heavy atom. The Hall–Kier alpha value is -3.46. The Balaban J connectivity index is 1.84. The number of carbonyl (C=O) groups is 2. The van der Waals surface area contributed by atoms with Gasteiger partial charge in [-0.25, -0.2) is 18.2 Å². The molecular formula is C21H22N4O4S. The second-order valence-electron chi connectivity index (χ2n) is 6.82. The molecule has 3 aromatic rings. The molecule has 0 aliphatic carbocycles. The van der Waals surface area contributed by atoms with Crippen LogP contribution in [0.2, 0.25) is 0 Å². The molecule has 0 saturated carbocycles. The summed E-state index contributed by atoms with van der Waals surface area (Å²) in [6.45, 7) is 4.22. The molecule has 3 N–H and O–H groups in total. The van der Waals surface area contributed by atoms with Crippen molar-refractivity contribution in [3.8, 4) is 0 Å². The minimum absolute atomic E-state index is 0.153. The average molecular weight is 426 g/mol. The first-order valence-corrected chi connectivity index (χ1v) is 11.1. The van der Waals surface area contributed by atoms with Crippen LogP contribution in [0.4, 0.5) is 16.3 Å². The van der Waals surface area contributed by atoms with Crippen LogP contribution in [-0.2, 0) is 9.84 Å². The molecule has 1 aromatic heterocycles. The SMILES string of the molecule is CCNC(=O)Nc1cc2cc(NC(=O)c3ccc(S(C)(=O)=O)cc3)cc(C)c2cn1. The smallest absolute Gasteiger partial charge is 0.320 e. The molecule has 0 spiro atoms. The van der Waals surface area contributed by atoms with Gasteiger partial charge in [0.15, 0.2) is 9.84 Å². The zero-order chi connectivity index (χ0) is 21.9. The van der Waals surface area contributed by atoms with E-state index in [-0.39, 0.29) is 16.8 Å². The van der Waals surface area contributed by atoms with Crippen LogP contribution in [0.25, 0.3) is 10.8 Å². The van der Waals surface area contributed by atoms with E-state index < -0.39 is 9.84 Å². The van der Waals surface area contributed by atoms with Crippen LogP contribution in [-0.4, -0.2) is 38.1 Å². The van der Waals surface area contributed by atoms with Gasteiger partial charge >= 0.3 is 6.03 Å². The van der Waals surface area contributed by atoms with Gasteiger partial charge in [-0.05, 0) is 67.3 Å². The van der Waals surface area contributed by atoms with Crippen LogP contribution in [0.3, 0.4) is 0 Å². The van der Waals surface area contributed by atoms with Gasteiger partial charge in [-0.3, -0.25) is 10.1 Å². The van der Waals surface area contributed by atoms with E-state index in [0.717, 1.165) is 22.6 Å². The average Bonchev–Trinajstić information content (AvgIpc) is 2.67. The van der Waals surface area contributed by atoms with E-state index in [2.05, 4.69) is 20.9 Å². The lowest BCUT2D eigenvalue weighted by Crippen LogP contribution is -2.28. The third-order valence-corrected chi connectivity index (χ3v) is 5.55. The van der Waals surface area contributed by atoms with E-state index in [0.29, 0.717) is 23.6 Å². The van der Waals surface area contributed by atoms with Crippen molar-refractivity contribution in [3.63, 3.8) is 0 Å². The number of urea groups is 1. The quantitative estimate of drug-likeness (QED) is 0.578. The minimum Gasteiger partial charge on any atom is -0.338 e. The summed E-state index contributed by atoms with van der Waals surface area (Å²) in [6, 6.07) is 10.7. The lowest BCUT2D eigenvalue weighted by atomic mass is 10.1. The van der Waals surface area contributed by atoms with Crippen LogP contribution in [0.1, 0.15) is 22.8 Å². The zero-order valence-corrected chi connectivity index (χ0v) is 17.6. The molecule has 2 aromatic carbocycles. The summed E-state index contributed by atoms with van der Waals surface area (Å²) in [5.74, 6) is 0.0382. The second kappa shape index (κ2) is 8.50. The first kappa shape index (κ1) is 21.3. The maximum Gasteiger partial charge on any atom is 0.320 e. The Labute approximate surface area is 174 Å². The van der Waals surface area contributed by atoms with Crippen molar-refractivity contribution < 1.29 is 18.0 Å². The standard InChI is InChI=1S/C21H22N4O4S/c1-4-22-21(27)25-19-11-15-10-16(9-13(2)18(15)12-23-19)24-20(26)14-5-7-17(8-6-14)30(3,28)29/h5-12H,4H2,1-3H3,(H,24,26)(H2,22,23,25,27). The molecule has 3 amide bonds. The fourth-order valence-corrected chi connectivity index (χ4v) is 3.59. The third-order valence-electron chi connectivity index (χ3n) is 4.43. The molecule has 0 aliphatic heterocycles. The number of carbonyl (C=O) groups excluding carboxylic acids is 2. The number of amides is 3. The number of rotatable bonds is 5. The van der Waals surface area contributed by atoms with Gasteiger partial charge in [0.25, 0.3) is 5.91 Å². The fourth-order valence-electron chi connectivity index (χ4n) is 2.96. The van der Waals surface area contributed by atoms with Gasteiger partial charge in [0.1, 0.15) is 5.82 Å². The number of anilines is 2. The fraction of sp³-hybridized carbons (Fsp3) is 0.190. The monoisotopic (exact) mass is 426 g/mol. The topological polar surface area (TPSA) is 117 Å². The number of aromatic nitrogens is 1. The third kappa shape index (κ3) is 4.93. The van der Waals surface area contributed by atoms with Crippen molar-refractivity contribution in [1.82, 2.24) is 10.3 Å². The zero-order valence-electron chi connectivity index (χ0n) is 16.8. The number of hydrogen-bond donors (Lipinski definition) is 3. The number of pyridine rings is 1. The molecule has 30 heavy (non-hydrogen) atoms. The van der Waals surface area contributed by atoms with E-state index in [9.17, 15) is 18.0 Å². The molecule has 9 heteroatoms. The summed E-state index contributed by atoms with van der Waals surface area (Å²) in [5.41, 5.74) is 1.83. The number of fused-ring (bicyclic) bond motifs is 1. The van der Waals surface area contributed by atoms with Crippen LogP contribution in [0, 0.1) is 6.92 Å². The normalized spacial score (nSPS) is 11.2. The number of hydrogen-bond acceptors (Lipinski definition) is 5. The van der Waals surface area contributed by atoms with Gasteiger partial charge in [0.05, 0.1) is 4.90 Å². The van der Waals surface area contributed by atoms with Crippen molar-refractivity contribution in [2.45, 2.75) is 18.7 Å². The molecule has 0 saturated heterocycles. The highest BCUT2D eigenvalue weighted by Crippen LogP contribution is 2.25. The largest absolute Gasteiger partial charge is 0.338 e. The van der Waals surface area contributed by atoms with Crippen molar-refractivity contribution in [2.75, 3.05) is 23.4 Å². The highest BCUT2D eigenvalue weighted by molar-refractivity contribution is 7.90. The van der Waals surface area contributed by atoms with E-state index >= 15 is 0 Å². The maximum atomic E-state index is 12.6. The lowest BCUT2D eigenvalue weighted by Gasteiger charge is -2.11. The van der Waals surface area contributed by atoms with Gasteiger partial charge < -0.3 is 10.6 Å². The molecule has 0 aliphatic rings. The van der Waals surface area contributed by atoms with Gasteiger partial charge in [0.2, 0.25) is 0 Å². The van der Waals surface area contributed by atoms with E-state index in [1.54, 1.807) is 18.3 Å².